The van der Waals surface area contributed by atoms with Crippen molar-refractivity contribution in [2.45, 2.75) is 20.1 Å². The van der Waals surface area contributed by atoms with E-state index in [0.29, 0.717) is 22.8 Å². The van der Waals surface area contributed by atoms with Gasteiger partial charge < -0.3 is 4.74 Å². The topological polar surface area (TPSA) is 99.6 Å². The maximum atomic E-state index is 14.6. The van der Waals surface area contributed by atoms with Gasteiger partial charge in [-0.05, 0) is 25.1 Å². The Hall–Kier alpha value is -3.88. The van der Waals surface area contributed by atoms with Crippen molar-refractivity contribution in [3.63, 3.8) is 0 Å². The highest BCUT2D eigenvalue weighted by molar-refractivity contribution is 6.15. The van der Waals surface area contributed by atoms with E-state index in [9.17, 15) is 19.3 Å². The third-order valence-corrected chi connectivity index (χ3v) is 4.53. The number of halogens is 1. The van der Waals surface area contributed by atoms with E-state index >= 15 is 0 Å². The van der Waals surface area contributed by atoms with Gasteiger partial charge in [0.05, 0.1) is 16.3 Å². The summed E-state index contributed by atoms with van der Waals surface area (Å²) in [6, 6.07) is 10.2. The number of aryl methyl sites for hydroxylation is 1. The molecule has 0 spiro atoms. The first-order chi connectivity index (χ1) is 13.9. The predicted molar refractivity (Wildman–Crippen MR) is 102 cm³/mol. The second-order valence-corrected chi connectivity index (χ2v) is 6.47. The van der Waals surface area contributed by atoms with Crippen LogP contribution in [0.4, 0.5) is 10.1 Å². The van der Waals surface area contributed by atoms with Crippen molar-refractivity contribution in [2.24, 2.45) is 4.99 Å². The van der Waals surface area contributed by atoms with Crippen LogP contribution in [0.15, 0.2) is 53.7 Å². The highest BCUT2D eigenvalue weighted by atomic mass is 19.1. The van der Waals surface area contributed by atoms with Gasteiger partial charge in [-0.1, -0.05) is 12.1 Å². The first kappa shape index (κ1) is 18.5. The summed E-state index contributed by atoms with van der Waals surface area (Å²) in [6.07, 6.45) is 0.447. The van der Waals surface area contributed by atoms with Gasteiger partial charge >= 0.3 is 5.97 Å². The van der Waals surface area contributed by atoms with Gasteiger partial charge in [-0.25, -0.2) is 14.4 Å². The second kappa shape index (κ2) is 6.93. The molecule has 29 heavy (non-hydrogen) atoms. The lowest BCUT2D eigenvalue weighted by molar-refractivity contribution is -0.384. The van der Waals surface area contributed by atoms with Crippen molar-refractivity contribution in [1.29, 1.82) is 0 Å². The van der Waals surface area contributed by atoms with Gasteiger partial charge in [-0.2, -0.15) is 0 Å². The van der Waals surface area contributed by atoms with Crippen LogP contribution in [-0.4, -0.2) is 26.2 Å². The number of carbonyl (C=O) groups excluding carboxylic acids is 1. The van der Waals surface area contributed by atoms with Crippen molar-refractivity contribution in [1.82, 2.24) is 9.55 Å². The average Bonchev–Trinajstić information content (AvgIpc) is 3.00. The lowest BCUT2D eigenvalue weighted by atomic mass is 9.99. The zero-order chi connectivity index (χ0) is 20.7. The van der Waals surface area contributed by atoms with Crippen LogP contribution in [0.2, 0.25) is 0 Å². The number of esters is 1. The molecule has 8 nitrogen and oxygen atoms in total. The number of fused-ring (bicyclic) bond motifs is 3. The number of hydrogen-bond acceptors (Lipinski definition) is 6. The van der Waals surface area contributed by atoms with Gasteiger partial charge in [0.15, 0.2) is 5.82 Å². The van der Waals surface area contributed by atoms with E-state index in [2.05, 4.69) is 9.98 Å². The predicted octanol–water partition coefficient (Wildman–Crippen LogP) is 3.64. The molecule has 1 aromatic heterocycles. The molecular weight excluding hydrogens is 379 g/mol. The maximum Gasteiger partial charge on any atom is 0.304 e. The zero-order valence-corrected chi connectivity index (χ0v) is 15.5. The number of nitro benzene ring substituents is 1. The first-order valence-corrected chi connectivity index (χ1v) is 8.70. The van der Waals surface area contributed by atoms with Crippen LogP contribution < -0.4 is 0 Å². The monoisotopic (exact) mass is 394 g/mol. The molecule has 3 aromatic rings. The number of aromatic nitrogens is 2. The molecule has 0 N–H and O–H groups in total. The Bertz CT molecular complexity index is 1180. The lowest BCUT2D eigenvalue weighted by Crippen LogP contribution is -2.12. The normalized spacial score (nSPS) is 15.0. The third kappa shape index (κ3) is 3.16. The smallest absolute Gasteiger partial charge is 0.304 e. The molecule has 0 radical (unpaired) electrons. The molecule has 0 bridgehead atoms. The number of rotatable bonds is 3. The molecule has 2 heterocycles. The van der Waals surface area contributed by atoms with E-state index < -0.39 is 22.9 Å². The summed E-state index contributed by atoms with van der Waals surface area (Å²) in [5.41, 5.74) is 1.67. The number of imidazole rings is 1. The highest BCUT2D eigenvalue weighted by Crippen LogP contribution is 2.34. The summed E-state index contributed by atoms with van der Waals surface area (Å²) in [7, 11) is 0. The Morgan fingerprint density at radius 3 is 2.69 bits per heavy atom. The number of hydrogen-bond donors (Lipinski definition) is 0. The van der Waals surface area contributed by atoms with Gasteiger partial charge in [0.2, 0.25) is 0 Å². The zero-order valence-electron chi connectivity index (χ0n) is 15.5. The molecule has 146 valence electrons. The van der Waals surface area contributed by atoms with Gasteiger partial charge in [-0.3, -0.25) is 19.5 Å². The van der Waals surface area contributed by atoms with Crippen molar-refractivity contribution in [3.05, 3.63) is 87.2 Å². The van der Waals surface area contributed by atoms with Crippen molar-refractivity contribution < 1.29 is 18.8 Å². The number of benzene rings is 2. The minimum Gasteiger partial charge on any atom is -0.432 e. The Morgan fingerprint density at radius 2 is 2.00 bits per heavy atom. The summed E-state index contributed by atoms with van der Waals surface area (Å²) in [5, 5.41) is 11.4. The Kier molecular flexibility index (Phi) is 4.42. The van der Waals surface area contributed by atoms with Crippen molar-refractivity contribution in [2.75, 3.05) is 0 Å². The quantitative estimate of drug-likeness (QED) is 0.384. The fourth-order valence-corrected chi connectivity index (χ4v) is 3.31. The molecule has 0 saturated heterocycles. The van der Waals surface area contributed by atoms with Crippen LogP contribution in [-0.2, 0) is 9.53 Å². The van der Waals surface area contributed by atoms with Gasteiger partial charge in [0.25, 0.3) is 11.9 Å². The summed E-state index contributed by atoms with van der Waals surface area (Å²) in [5.74, 6) is -0.823. The molecule has 1 atom stereocenters. The van der Waals surface area contributed by atoms with Crippen LogP contribution in [0.3, 0.4) is 0 Å². The largest absolute Gasteiger partial charge is 0.432 e. The number of ether oxygens (including phenoxy) is 1. The SMILES string of the molecule is CC(=O)OC1N=C(c2ccccc2F)c2cc([N+](=O)[O-])ccc2-n2c(C)cnc21. The molecule has 1 aliphatic rings. The van der Waals surface area contributed by atoms with E-state index in [0.717, 1.165) is 0 Å². The minimum atomic E-state index is -1.14. The molecule has 1 unspecified atom stereocenters. The summed E-state index contributed by atoms with van der Waals surface area (Å²) in [4.78, 5) is 31.3. The van der Waals surface area contributed by atoms with Crippen molar-refractivity contribution >= 4 is 17.4 Å². The minimum absolute atomic E-state index is 0.134. The molecular formula is C20H15FN4O4. The van der Waals surface area contributed by atoms with Crippen LogP contribution in [0.5, 0.6) is 0 Å². The fraction of sp³-hybridized carbons (Fsp3) is 0.150. The molecule has 0 amide bonds. The second-order valence-electron chi connectivity index (χ2n) is 6.47. The molecule has 1 aliphatic heterocycles. The van der Waals surface area contributed by atoms with E-state index in [4.69, 9.17) is 4.74 Å². The Morgan fingerprint density at radius 1 is 1.24 bits per heavy atom. The summed E-state index contributed by atoms with van der Waals surface area (Å²) in [6.45, 7) is 3.03. The van der Waals surface area contributed by atoms with Crippen molar-refractivity contribution in [3.8, 4) is 5.69 Å². The van der Waals surface area contributed by atoms with E-state index in [1.807, 2.05) is 0 Å². The Labute approximate surface area is 164 Å². The fourth-order valence-electron chi connectivity index (χ4n) is 3.31. The standard InChI is InChI=1S/C20H15FN4O4/c1-11-10-22-19-20(29-12(2)26)23-18(14-5-3-4-6-16(14)21)15-9-13(25(27)28)7-8-17(15)24(11)19/h3-10,20H,1-2H3. The number of non-ortho nitro benzene ring substituents is 1. The lowest BCUT2D eigenvalue weighted by Gasteiger charge is -2.13. The molecule has 4 rings (SSSR count). The number of nitrogens with zero attached hydrogens (tertiary/aromatic N) is 4. The molecule has 0 fully saturated rings. The number of carbonyl (C=O) groups is 1. The van der Waals surface area contributed by atoms with Gasteiger partial charge in [0.1, 0.15) is 5.82 Å². The van der Waals surface area contributed by atoms with Gasteiger partial charge in [0, 0.05) is 42.1 Å². The third-order valence-electron chi connectivity index (χ3n) is 4.53. The molecule has 2 aromatic carbocycles. The van der Waals surface area contributed by atoms with E-state index in [1.165, 1.54) is 37.3 Å². The number of aliphatic imine (C=N–C) groups is 1. The number of nitro groups is 1. The van der Waals surface area contributed by atoms with Crippen LogP contribution in [0.1, 0.15) is 35.8 Å². The van der Waals surface area contributed by atoms with Crippen LogP contribution in [0, 0.1) is 22.9 Å². The van der Waals surface area contributed by atoms with E-state index in [-0.39, 0.29) is 17.0 Å². The average molecular weight is 394 g/mol. The maximum absolute atomic E-state index is 14.6. The van der Waals surface area contributed by atoms with E-state index in [1.54, 1.807) is 29.8 Å². The first-order valence-electron chi connectivity index (χ1n) is 8.70. The molecule has 9 heteroatoms. The van der Waals surface area contributed by atoms with Crippen LogP contribution >= 0.6 is 0 Å². The summed E-state index contributed by atoms with van der Waals surface area (Å²) >= 11 is 0. The Balaban J connectivity index is 2.07. The summed E-state index contributed by atoms with van der Waals surface area (Å²) < 4.78 is 21.7. The van der Waals surface area contributed by atoms with Crippen LogP contribution in [0.25, 0.3) is 5.69 Å². The van der Waals surface area contributed by atoms with Gasteiger partial charge in [-0.15, -0.1) is 0 Å². The molecule has 0 aliphatic carbocycles. The highest BCUT2D eigenvalue weighted by Gasteiger charge is 2.31. The molecule has 0 saturated carbocycles.